The van der Waals surface area contributed by atoms with E-state index in [0.29, 0.717) is 18.0 Å². The Labute approximate surface area is 259 Å². The fourth-order valence-corrected chi connectivity index (χ4v) is 5.85. The lowest BCUT2D eigenvalue weighted by Gasteiger charge is -2.21. The number of fused-ring (bicyclic) bond motifs is 1. The number of Topliss-reactive ketones (excluding diaryl/α,β-unsaturated/α-hetero) is 1. The number of hydrogen-bond donors (Lipinski definition) is 1. The van der Waals surface area contributed by atoms with Crippen LogP contribution in [0.5, 0.6) is 0 Å². The number of hydrogen-bond acceptors (Lipinski definition) is 6. The maximum atomic E-state index is 13.4. The van der Waals surface area contributed by atoms with Crippen molar-refractivity contribution in [2.75, 3.05) is 32.5 Å². The van der Waals surface area contributed by atoms with Crippen LogP contribution in [-0.2, 0) is 20.0 Å². The standard InChI is InChI=1S/C36H39N7O/c1-25-8-10-29(35(44)18-27-9-11-30(26(2)17-27)22-42-16-14-33(24-42)40(3)4)19-28(25)12-13-32-21-37-36-34(7-6-15-43(32)36)39-31-20-38-41(5)23-31/h6-11,15,17,19-21,23,33,39H,14,16,18,22,24H2,1-5H3. The van der Waals surface area contributed by atoms with Gasteiger partial charge in [-0.05, 0) is 80.7 Å². The SMILES string of the molecule is Cc1ccc(C(=O)Cc2ccc(CN3CCC(N(C)C)C3)c(C)c2)cc1C#Cc1cnc2c(Nc3cnn(C)c3)cccn12. The van der Waals surface area contributed by atoms with Crippen molar-refractivity contribution < 1.29 is 4.79 Å². The zero-order valence-corrected chi connectivity index (χ0v) is 26.1. The second-order valence-electron chi connectivity index (χ2n) is 12.1. The summed E-state index contributed by atoms with van der Waals surface area (Å²) in [5.74, 6) is 6.66. The van der Waals surface area contributed by atoms with Crippen molar-refractivity contribution in [2.24, 2.45) is 7.05 Å². The lowest BCUT2D eigenvalue weighted by molar-refractivity contribution is 0.0993. The van der Waals surface area contributed by atoms with Crippen molar-refractivity contribution in [3.63, 3.8) is 0 Å². The van der Waals surface area contributed by atoms with E-state index in [1.54, 1.807) is 17.1 Å². The monoisotopic (exact) mass is 585 g/mol. The number of carbonyl (C=O) groups is 1. The summed E-state index contributed by atoms with van der Waals surface area (Å²) in [6.07, 6.45) is 8.99. The molecule has 1 unspecified atom stereocenters. The largest absolute Gasteiger partial charge is 0.350 e. The van der Waals surface area contributed by atoms with Gasteiger partial charge in [0.05, 0.1) is 23.8 Å². The second kappa shape index (κ2) is 12.5. The first-order chi connectivity index (χ1) is 21.2. The normalized spacial score (nSPS) is 15.1. The van der Waals surface area contributed by atoms with Gasteiger partial charge in [0, 0.05) is 62.7 Å². The van der Waals surface area contributed by atoms with Crippen molar-refractivity contribution in [2.45, 2.75) is 39.3 Å². The molecule has 224 valence electrons. The quantitative estimate of drug-likeness (QED) is 0.195. The van der Waals surface area contributed by atoms with E-state index >= 15 is 0 Å². The molecule has 4 heterocycles. The smallest absolute Gasteiger partial charge is 0.167 e. The molecule has 8 nitrogen and oxygen atoms in total. The highest BCUT2D eigenvalue weighted by Crippen LogP contribution is 2.23. The number of nitrogens with zero attached hydrogens (tertiary/aromatic N) is 6. The van der Waals surface area contributed by atoms with Gasteiger partial charge in [-0.2, -0.15) is 5.10 Å². The molecule has 1 saturated heterocycles. The van der Waals surface area contributed by atoms with E-state index in [9.17, 15) is 4.79 Å². The van der Waals surface area contributed by atoms with Crippen LogP contribution in [0.3, 0.4) is 0 Å². The Morgan fingerprint density at radius 2 is 1.93 bits per heavy atom. The number of aromatic nitrogens is 4. The molecule has 8 heteroatoms. The van der Waals surface area contributed by atoms with Crippen LogP contribution in [0.15, 0.2) is 73.3 Å². The minimum Gasteiger partial charge on any atom is -0.350 e. The van der Waals surface area contributed by atoms with Crippen molar-refractivity contribution in [1.82, 2.24) is 29.0 Å². The summed E-state index contributed by atoms with van der Waals surface area (Å²) in [4.78, 5) is 22.8. The topological polar surface area (TPSA) is 70.7 Å². The van der Waals surface area contributed by atoms with Crippen LogP contribution >= 0.6 is 0 Å². The van der Waals surface area contributed by atoms with Crippen LogP contribution in [0, 0.1) is 25.7 Å². The minimum atomic E-state index is 0.0921. The predicted molar refractivity (Wildman–Crippen MR) is 175 cm³/mol. The summed E-state index contributed by atoms with van der Waals surface area (Å²) in [5, 5.41) is 7.60. The zero-order chi connectivity index (χ0) is 30.8. The fraction of sp³-hybridized carbons (Fsp3) is 0.306. The Bertz CT molecular complexity index is 1890. The third-order valence-electron chi connectivity index (χ3n) is 8.55. The summed E-state index contributed by atoms with van der Waals surface area (Å²) in [6, 6.07) is 16.8. The Kier molecular flexibility index (Phi) is 8.34. The first kappa shape index (κ1) is 29.4. The number of nitrogens with one attached hydrogen (secondary N) is 1. The molecule has 0 saturated carbocycles. The molecule has 0 aliphatic carbocycles. The van der Waals surface area contributed by atoms with E-state index in [1.165, 1.54) is 17.5 Å². The Balaban J connectivity index is 1.15. The number of benzene rings is 2. The molecule has 44 heavy (non-hydrogen) atoms. The number of ketones is 1. The molecule has 5 aromatic rings. The summed E-state index contributed by atoms with van der Waals surface area (Å²) < 4.78 is 3.71. The molecular formula is C36H39N7O. The number of pyridine rings is 1. The van der Waals surface area contributed by atoms with Crippen molar-refractivity contribution in [1.29, 1.82) is 0 Å². The van der Waals surface area contributed by atoms with Gasteiger partial charge in [-0.25, -0.2) is 4.98 Å². The van der Waals surface area contributed by atoms with Gasteiger partial charge in [-0.1, -0.05) is 36.3 Å². The molecule has 0 radical (unpaired) electrons. The number of likely N-dealkylation sites (N-methyl/N-ethyl adjacent to an activating group) is 1. The lowest BCUT2D eigenvalue weighted by atomic mass is 9.97. The van der Waals surface area contributed by atoms with E-state index in [0.717, 1.165) is 59.0 Å². The van der Waals surface area contributed by atoms with Crippen LogP contribution in [0.1, 0.15) is 50.3 Å². The van der Waals surface area contributed by atoms with Gasteiger partial charge in [0.15, 0.2) is 11.4 Å². The average Bonchev–Trinajstić information content (AvgIpc) is 3.75. The maximum Gasteiger partial charge on any atom is 0.167 e. The summed E-state index contributed by atoms with van der Waals surface area (Å²) in [6.45, 7) is 7.36. The van der Waals surface area contributed by atoms with E-state index in [4.69, 9.17) is 0 Å². The molecule has 2 aromatic carbocycles. The van der Waals surface area contributed by atoms with Gasteiger partial charge >= 0.3 is 0 Å². The van der Waals surface area contributed by atoms with Gasteiger partial charge < -0.3 is 10.2 Å². The molecule has 0 amide bonds. The van der Waals surface area contributed by atoms with Crippen LogP contribution in [-0.4, -0.2) is 68.0 Å². The molecule has 0 bridgehead atoms. The molecular weight excluding hydrogens is 546 g/mol. The zero-order valence-electron chi connectivity index (χ0n) is 26.1. The van der Waals surface area contributed by atoms with Gasteiger partial charge in [0.2, 0.25) is 0 Å². The van der Waals surface area contributed by atoms with Crippen molar-refractivity contribution >= 4 is 22.8 Å². The highest BCUT2D eigenvalue weighted by Gasteiger charge is 2.24. The van der Waals surface area contributed by atoms with Gasteiger partial charge in [-0.3, -0.25) is 18.8 Å². The Morgan fingerprint density at radius 3 is 2.68 bits per heavy atom. The molecule has 0 spiro atoms. The number of carbonyl (C=O) groups excluding carboxylic acids is 1. The van der Waals surface area contributed by atoms with E-state index in [1.807, 2.05) is 61.1 Å². The van der Waals surface area contributed by atoms with Gasteiger partial charge in [0.25, 0.3) is 0 Å². The molecule has 1 aliphatic rings. The first-order valence-corrected chi connectivity index (χ1v) is 15.1. The average molecular weight is 586 g/mol. The number of likely N-dealkylation sites (tertiary alicyclic amines) is 1. The Morgan fingerprint density at radius 1 is 1.07 bits per heavy atom. The first-order valence-electron chi connectivity index (χ1n) is 15.1. The highest BCUT2D eigenvalue weighted by molar-refractivity contribution is 5.98. The number of aryl methyl sites for hydroxylation is 3. The van der Waals surface area contributed by atoms with E-state index < -0.39 is 0 Å². The third kappa shape index (κ3) is 6.45. The second-order valence-corrected chi connectivity index (χ2v) is 12.1. The summed E-state index contributed by atoms with van der Waals surface area (Å²) in [7, 11) is 6.21. The number of rotatable bonds is 8. The molecule has 1 aliphatic heterocycles. The van der Waals surface area contributed by atoms with Crippen molar-refractivity contribution in [3.05, 3.63) is 112 Å². The van der Waals surface area contributed by atoms with Crippen LogP contribution in [0.2, 0.25) is 0 Å². The molecule has 6 rings (SSSR count). The molecule has 3 aromatic heterocycles. The molecule has 1 fully saturated rings. The Hall–Kier alpha value is -4.71. The fourth-order valence-electron chi connectivity index (χ4n) is 5.85. The summed E-state index contributed by atoms with van der Waals surface area (Å²) in [5.41, 5.74) is 9.46. The van der Waals surface area contributed by atoms with Gasteiger partial charge in [-0.15, -0.1) is 0 Å². The van der Waals surface area contributed by atoms with Crippen LogP contribution in [0.25, 0.3) is 5.65 Å². The number of anilines is 2. The van der Waals surface area contributed by atoms with Crippen LogP contribution in [0.4, 0.5) is 11.4 Å². The number of imidazole rings is 1. The van der Waals surface area contributed by atoms with E-state index in [2.05, 4.69) is 76.3 Å². The summed E-state index contributed by atoms with van der Waals surface area (Å²) >= 11 is 0. The maximum absolute atomic E-state index is 13.4. The minimum absolute atomic E-state index is 0.0921. The van der Waals surface area contributed by atoms with Crippen molar-refractivity contribution in [3.8, 4) is 11.8 Å². The van der Waals surface area contributed by atoms with Crippen LogP contribution < -0.4 is 5.32 Å². The van der Waals surface area contributed by atoms with E-state index in [-0.39, 0.29) is 5.78 Å². The predicted octanol–water partition coefficient (Wildman–Crippen LogP) is 5.39. The lowest BCUT2D eigenvalue weighted by Crippen LogP contribution is -2.31. The third-order valence-corrected chi connectivity index (χ3v) is 8.55. The molecule has 1 N–H and O–H groups in total. The highest BCUT2D eigenvalue weighted by atomic mass is 16.1. The molecule has 1 atom stereocenters. The van der Waals surface area contributed by atoms with Gasteiger partial charge in [0.1, 0.15) is 5.69 Å².